The van der Waals surface area contributed by atoms with Crippen LogP contribution in [0.1, 0.15) is 48.0 Å². The molecule has 0 aromatic rings. The van der Waals surface area contributed by atoms with Gasteiger partial charge in [-0.2, -0.15) is 0 Å². The van der Waals surface area contributed by atoms with Crippen molar-refractivity contribution in [2.45, 2.75) is 54.0 Å². The van der Waals surface area contributed by atoms with Gasteiger partial charge in [0.1, 0.15) is 0 Å². The second-order valence-electron chi connectivity index (χ2n) is 7.59. The lowest BCUT2D eigenvalue weighted by molar-refractivity contribution is 0.0734. The Labute approximate surface area is 127 Å². The molecule has 1 fully saturated rings. The van der Waals surface area contributed by atoms with Gasteiger partial charge in [-0.25, -0.2) is 0 Å². The predicted octanol–water partition coefficient (Wildman–Crippen LogP) is 2.67. The summed E-state index contributed by atoms with van der Waals surface area (Å²) in [5.74, 6) is 0.741. The SMILES string of the molecule is CCC(C)(CNCC(C)C)CN1CCN(C(C)C)CC1. The molecule has 0 bridgehead atoms. The third-order valence-electron chi connectivity index (χ3n) is 4.70. The van der Waals surface area contributed by atoms with E-state index in [-0.39, 0.29) is 0 Å². The first-order valence-corrected chi connectivity index (χ1v) is 8.53. The average Bonchev–Trinajstić information content (AvgIpc) is 2.39. The van der Waals surface area contributed by atoms with Crippen molar-refractivity contribution in [1.29, 1.82) is 0 Å². The highest BCUT2D eigenvalue weighted by Gasteiger charge is 2.27. The lowest BCUT2D eigenvalue weighted by atomic mass is 9.86. The van der Waals surface area contributed by atoms with Crippen molar-refractivity contribution in [2.75, 3.05) is 45.8 Å². The third-order valence-corrected chi connectivity index (χ3v) is 4.70. The molecule has 3 nitrogen and oxygen atoms in total. The van der Waals surface area contributed by atoms with Crippen LogP contribution in [0.5, 0.6) is 0 Å². The molecule has 0 aromatic carbocycles. The maximum atomic E-state index is 3.66. The summed E-state index contributed by atoms with van der Waals surface area (Å²) in [5, 5.41) is 3.66. The number of nitrogens with one attached hydrogen (secondary N) is 1. The van der Waals surface area contributed by atoms with Gasteiger partial charge in [-0.05, 0) is 38.1 Å². The molecule has 1 heterocycles. The molecule has 0 radical (unpaired) electrons. The van der Waals surface area contributed by atoms with Crippen LogP contribution >= 0.6 is 0 Å². The Morgan fingerprint density at radius 2 is 1.65 bits per heavy atom. The minimum Gasteiger partial charge on any atom is -0.316 e. The van der Waals surface area contributed by atoms with Gasteiger partial charge in [0.25, 0.3) is 0 Å². The molecule has 0 aliphatic carbocycles. The summed E-state index contributed by atoms with van der Waals surface area (Å²) >= 11 is 0. The molecule has 0 saturated carbocycles. The number of piperazine rings is 1. The van der Waals surface area contributed by atoms with E-state index in [0.717, 1.165) is 19.0 Å². The van der Waals surface area contributed by atoms with Gasteiger partial charge in [0.05, 0.1) is 0 Å². The van der Waals surface area contributed by atoms with Gasteiger partial charge in [0, 0.05) is 45.3 Å². The molecular weight excluding hydrogens is 246 g/mol. The van der Waals surface area contributed by atoms with Crippen molar-refractivity contribution in [3.05, 3.63) is 0 Å². The molecule has 3 heteroatoms. The monoisotopic (exact) mass is 283 g/mol. The average molecular weight is 284 g/mol. The van der Waals surface area contributed by atoms with Crippen LogP contribution in [0.3, 0.4) is 0 Å². The minimum atomic E-state index is 0.412. The van der Waals surface area contributed by atoms with Crippen LogP contribution in [0, 0.1) is 11.3 Å². The first kappa shape index (κ1) is 17.9. The summed E-state index contributed by atoms with van der Waals surface area (Å²) in [6.07, 6.45) is 1.25. The van der Waals surface area contributed by atoms with Crippen LogP contribution in [-0.2, 0) is 0 Å². The summed E-state index contributed by atoms with van der Waals surface area (Å²) in [4.78, 5) is 5.26. The summed E-state index contributed by atoms with van der Waals surface area (Å²) in [6, 6.07) is 0.697. The molecule has 1 aliphatic heterocycles. The van der Waals surface area contributed by atoms with E-state index in [1.807, 2.05) is 0 Å². The summed E-state index contributed by atoms with van der Waals surface area (Å²) in [5.41, 5.74) is 0.412. The number of rotatable bonds is 8. The molecular formula is C17H37N3. The molecule has 0 aromatic heterocycles. The first-order valence-electron chi connectivity index (χ1n) is 8.53. The highest BCUT2D eigenvalue weighted by atomic mass is 15.3. The summed E-state index contributed by atoms with van der Waals surface area (Å²) in [7, 11) is 0. The van der Waals surface area contributed by atoms with Crippen LogP contribution in [0.4, 0.5) is 0 Å². The van der Waals surface area contributed by atoms with Gasteiger partial charge in [0.2, 0.25) is 0 Å². The Morgan fingerprint density at radius 3 is 2.10 bits per heavy atom. The quantitative estimate of drug-likeness (QED) is 0.739. The molecule has 1 unspecified atom stereocenters. The molecule has 1 rings (SSSR count). The number of hydrogen-bond donors (Lipinski definition) is 1. The minimum absolute atomic E-state index is 0.412. The number of hydrogen-bond acceptors (Lipinski definition) is 3. The lowest BCUT2D eigenvalue weighted by Crippen LogP contribution is -2.52. The van der Waals surface area contributed by atoms with Gasteiger partial charge in [0.15, 0.2) is 0 Å². The van der Waals surface area contributed by atoms with E-state index < -0.39 is 0 Å². The number of nitrogens with zero attached hydrogens (tertiary/aromatic N) is 2. The standard InChI is InChI=1S/C17H37N3/c1-7-17(6,13-18-12-15(2)3)14-19-8-10-20(11-9-19)16(4)5/h15-16,18H,7-14H2,1-6H3. The second-order valence-corrected chi connectivity index (χ2v) is 7.59. The van der Waals surface area contributed by atoms with E-state index in [4.69, 9.17) is 0 Å². The van der Waals surface area contributed by atoms with E-state index in [1.165, 1.54) is 39.1 Å². The first-order chi connectivity index (χ1) is 9.36. The topological polar surface area (TPSA) is 18.5 Å². The van der Waals surface area contributed by atoms with E-state index in [9.17, 15) is 0 Å². The molecule has 1 saturated heterocycles. The fourth-order valence-electron chi connectivity index (χ4n) is 2.93. The zero-order chi connectivity index (χ0) is 15.2. The maximum Gasteiger partial charge on any atom is 0.0113 e. The second kappa shape index (κ2) is 8.35. The summed E-state index contributed by atoms with van der Waals surface area (Å²) in [6.45, 7) is 22.4. The van der Waals surface area contributed by atoms with Crippen molar-refractivity contribution in [2.24, 2.45) is 11.3 Å². The van der Waals surface area contributed by atoms with E-state index in [2.05, 4.69) is 56.7 Å². The molecule has 120 valence electrons. The van der Waals surface area contributed by atoms with E-state index in [0.29, 0.717) is 11.5 Å². The van der Waals surface area contributed by atoms with Crippen molar-refractivity contribution in [3.8, 4) is 0 Å². The van der Waals surface area contributed by atoms with E-state index in [1.54, 1.807) is 0 Å². The van der Waals surface area contributed by atoms with Gasteiger partial charge in [-0.3, -0.25) is 4.90 Å². The fourth-order valence-corrected chi connectivity index (χ4v) is 2.93. The van der Waals surface area contributed by atoms with Gasteiger partial charge < -0.3 is 10.2 Å². The van der Waals surface area contributed by atoms with Crippen molar-refractivity contribution in [1.82, 2.24) is 15.1 Å². The van der Waals surface area contributed by atoms with Crippen LogP contribution in [0.15, 0.2) is 0 Å². The highest BCUT2D eigenvalue weighted by molar-refractivity contribution is 4.83. The smallest absolute Gasteiger partial charge is 0.0113 e. The van der Waals surface area contributed by atoms with Crippen LogP contribution in [0.2, 0.25) is 0 Å². The Balaban J connectivity index is 2.36. The zero-order valence-electron chi connectivity index (χ0n) is 14.7. The molecule has 20 heavy (non-hydrogen) atoms. The Kier molecular flexibility index (Phi) is 7.49. The molecule has 1 N–H and O–H groups in total. The van der Waals surface area contributed by atoms with Crippen molar-refractivity contribution >= 4 is 0 Å². The van der Waals surface area contributed by atoms with E-state index >= 15 is 0 Å². The third kappa shape index (κ3) is 6.11. The molecule has 0 spiro atoms. The van der Waals surface area contributed by atoms with Gasteiger partial charge in [-0.1, -0.05) is 27.7 Å². The fraction of sp³-hybridized carbons (Fsp3) is 1.00. The Morgan fingerprint density at radius 1 is 1.05 bits per heavy atom. The molecule has 0 amide bonds. The summed E-state index contributed by atoms with van der Waals surface area (Å²) < 4.78 is 0. The maximum absolute atomic E-state index is 3.66. The van der Waals surface area contributed by atoms with Crippen molar-refractivity contribution in [3.63, 3.8) is 0 Å². The molecule has 1 atom stereocenters. The highest BCUT2D eigenvalue weighted by Crippen LogP contribution is 2.22. The van der Waals surface area contributed by atoms with Crippen molar-refractivity contribution < 1.29 is 0 Å². The Hall–Kier alpha value is -0.120. The normalized spacial score (nSPS) is 21.6. The van der Waals surface area contributed by atoms with Gasteiger partial charge in [-0.15, -0.1) is 0 Å². The largest absolute Gasteiger partial charge is 0.316 e. The lowest BCUT2D eigenvalue weighted by Gasteiger charge is -2.41. The van der Waals surface area contributed by atoms with Gasteiger partial charge >= 0.3 is 0 Å². The van der Waals surface area contributed by atoms with Crippen LogP contribution in [0.25, 0.3) is 0 Å². The van der Waals surface area contributed by atoms with Crippen LogP contribution < -0.4 is 5.32 Å². The zero-order valence-corrected chi connectivity index (χ0v) is 14.7. The van der Waals surface area contributed by atoms with Crippen LogP contribution in [-0.4, -0.2) is 61.7 Å². The predicted molar refractivity (Wildman–Crippen MR) is 89.3 cm³/mol. The Bertz CT molecular complexity index is 257. The molecule has 1 aliphatic rings.